The second-order valence-corrected chi connectivity index (χ2v) is 13.3. The minimum atomic E-state index is -1.25. The number of ether oxygens (including phenoxy) is 2. The molecule has 0 radical (unpaired) electrons. The van der Waals surface area contributed by atoms with Crippen LogP contribution in [0.15, 0.2) is 23.8 Å². The molecule has 4 unspecified atom stereocenters. The van der Waals surface area contributed by atoms with Crippen LogP contribution in [0.4, 0.5) is 0 Å². The van der Waals surface area contributed by atoms with Crippen molar-refractivity contribution in [3.05, 3.63) is 23.8 Å². The van der Waals surface area contributed by atoms with E-state index in [0.29, 0.717) is 37.9 Å². The highest BCUT2D eigenvalue weighted by molar-refractivity contribution is 5.90. The maximum absolute atomic E-state index is 13.6. The Morgan fingerprint density at radius 3 is 2.65 bits per heavy atom. The summed E-state index contributed by atoms with van der Waals surface area (Å²) in [7, 11) is 0. The lowest BCUT2D eigenvalue weighted by molar-refractivity contribution is -0.219. The summed E-state index contributed by atoms with van der Waals surface area (Å²) in [4.78, 5) is 28.9. The van der Waals surface area contributed by atoms with E-state index in [9.17, 15) is 19.8 Å². The molecule has 4 fully saturated rings. The lowest BCUT2D eigenvalue weighted by atomic mass is 9.43. The summed E-state index contributed by atoms with van der Waals surface area (Å²) >= 11 is 0. The number of carbonyl (C=O) groups is 2. The van der Waals surface area contributed by atoms with Gasteiger partial charge in [-0.25, -0.2) is 0 Å². The molecule has 0 aromatic carbocycles. The normalized spacial score (nSPS) is 47.0. The Hall–Kier alpha value is -1.54. The molecule has 1 heterocycles. The maximum atomic E-state index is 13.6. The highest BCUT2D eigenvalue weighted by Gasteiger charge is 2.84. The van der Waals surface area contributed by atoms with Gasteiger partial charge in [-0.3, -0.25) is 9.69 Å². The van der Waals surface area contributed by atoms with E-state index in [-0.39, 0.29) is 24.4 Å². The lowest BCUT2D eigenvalue weighted by Gasteiger charge is -2.58. The molecule has 0 aromatic heterocycles. The van der Waals surface area contributed by atoms with E-state index in [0.717, 1.165) is 36.7 Å². The Labute approximate surface area is 221 Å². The maximum Gasteiger partial charge on any atom is 0.315 e. The number of aliphatic hydroxyl groups is 1. The van der Waals surface area contributed by atoms with Crippen LogP contribution in [0.5, 0.6) is 0 Å². The number of hydrogen-bond donors (Lipinski definition) is 2. The van der Waals surface area contributed by atoms with E-state index in [1.807, 2.05) is 13.8 Å². The third-order valence-electron chi connectivity index (χ3n) is 10.9. The van der Waals surface area contributed by atoms with E-state index in [1.165, 1.54) is 0 Å². The Morgan fingerprint density at radius 1 is 1.30 bits per heavy atom. The van der Waals surface area contributed by atoms with Crippen LogP contribution in [0.1, 0.15) is 60.3 Å². The second kappa shape index (κ2) is 9.29. The minimum absolute atomic E-state index is 0.00989. The average Bonchev–Trinajstić information content (AvgIpc) is 3.35. The van der Waals surface area contributed by atoms with Crippen LogP contribution in [0.2, 0.25) is 0 Å². The van der Waals surface area contributed by atoms with Gasteiger partial charge < -0.3 is 24.5 Å². The molecule has 37 heavy (non-hydrogen) atoms. The number of carboxylic acids is 1. The molecule has 4 bridgehead atoms. The summed E-state index contributed by atoms with van der Waals surface area (Å²) in [6.07, 6.45) is 4.92. The van der Waals surface area contributed by atoms with Crippen molar-refractivity contribution in [1.29, 1.82) is 0 Å². The summed E-state index contributed by atoms with van der Waals surface area (Å²) < 4.78 is 12.8. The van der Waals surface area contributed by atoms with Gasteiger partial charge in [0.1, 0.15) is 11.7 Å². The number of allylic oxidation sites excluding steroid dienone is 1. The third kappa shape index (κ3) is 3.60. The molecule has 0 amide bonds. The molecule has 0 spiro atoms. The summed E-state index contributed by atoms with van der Waals surface area (Å²) in [5, 5.41) is 21.7. The standard InChI is InChI=1S/C30H45NO6/c1-17(2)12-31-13-25(33)20(6)37-26(14-31)36-16-29-11-22-19(5)7-8-23(22)28(15-32)10-21(29)9-24(18(3)4)30(28,29)27(34)35/h9,15,18-23,25-26,33H,1,7-8,10-14,16H2,2-6H3,(H,34,35)/t19-,20-,21?,22-,23-,25+,26-,28?,29?,30?/m1/s1. The molecule has 7 nitrogen and oxygen atoms in total. The number of carbonyl (C=O) groups excluding carboxylic acids is 1. The van der Waals surface area contributed by atoms with Crippen molar-refractivity contribution < 1.29 is 29.3 Å². The fourth-order valence-electron chi connectivity index (χ4n) is 9.55. The average molecular weight is 516 g/mol. The molecular weight excluding hydrogens is 470 g/mol. The van der Waals surface area contributed by atoms with Crippen molar-refractivity contribution in [1.82, 2.24) is 4.90 Å². The Kier molecular flexibility index (Phi) is 6.79. The van der Waals surface area contributed by atoms with Gasteiger partial charge in [-0.15, -0.1) is 0 Å². The van der Waals surface area contributed by atoms with Crippen molar-refractivity contribution in [3.8, 4) is 0 Å². The predicted molar refractivity (Wildman–Crippen MR) is 140 cm³/mol. The van der Waals surface area contributed by atoms with Crippen molar-refractivity contribution in [2.24, 2.45) is 45.8 Å². The second-order valence-electron chi connectivity index (χ2n) is 13.3. The van der Waals surface area contributed by atoms with E-state index in [1.54, 1.807) is 0 Å². The summed E-state index contributed by atoms with van der Waals surface area (Å²) in [6.45, 7) is 16.0. The van der Waals surface area contributed by atoms with Gasteiger partial charge in [0.2, 0.25) is 0 Å². The zero-order valence-electron chi connectivity index (χ0n) is 23.1. The molecule has 5 aliphatic rings. The number of aliphatic carboxylic acids is 1. The fourth-order valence-corrected chi connectivity index (χ4v) is 9.55. The third-order valence-corrected chi connectivity index (χ3v) is 10.9. The molecule has 206 valence electrons. The monoisotopic (exact) mass is 515 g/mol. The number of aldehydes is 1. The van der Waals surface area contributed by atoms with Gasteiger partial charge >= 0.3 is 5.97 Å². The highest BCUT2D eigenvalue weighted by Crippen LogP contribution is 2.82. The highest BCUT2D eigenvalue weighted by atomic mass is 16.7. The van der Waals surface area contributed by atoms with Gasteiger partial charge in [-0.2, -0.15) is 0 Å². The van der Waals surface area contributed by atoms with Gasteiger partial charge in [-0.05, 0) is 62.7 Å². The first-order chi connectivity index (χ1) is 17.4. The largest absolute Gasteiger partial charge is 0.481 e. The molecule has 5 rings (SSSR count). The number of β-amino-alcohol motifs (C(OH)–C–C–N with tert-alkyl or cyclic N) is 1. The fraction of sp³-hybridized carbons (Fsp3) is 0.800. The molecule has 0 aromatic rings. The quantitative estimate of drug-likeness (QED) is 0.374. The van der Waals surface area contributed by atoms with Crippen LogP contribution in [-0.2, 0) is 19.1 Å². The molecule has 1 aliphatic heterocycles. The Bertz CT molecular complexity index is 993. The van der Waals surface area contributed by atoms with Gasteiger partial charge in [0.25, 0.3) is 0 Å². The minimum Gasteiger partial charge on any atom is -0.481 e. The van der Waals surface area contributed by atoms with Crippen molar-refractivity contribution >= 4 is 12.3 Å². The summed E-state index contributed by atoms with van der Waals surface area (Å²) in [6, 6.07) is 0. The van der Waals surface area contributed by atoms with E-state index in [4.69, 9.17) is 9.47 Å². The van der Waals surface area contributed by atoms with Crippen molar-refractivity contribution in [2.45, 2.75) is 78.8 Å². The molecule has 3 saturated carbocycles. The first-order valence-electron chi connectivity index (χ1n) is 14.2. The summed E-state index contributed by atoms with van der Waals surface area (Å²) in [5.41, 5.74) is -0.920. The molecule has 10 atom stereocenters. The van der Waals surface area contributed by atoms with Crippen molar-refractivity contribution in [3.63, 3.8) is 0 Å². The number of fused-ring (bicyclic) bond motifs is 2. The van der Waals surface area contributed by atoms with Crippen LogP contribution >= 0.6 is 0 Å². The van der Waals surface area contributed by atoms with Crippen molar-refractivity contribution in [2.75, 3.05) is 26.2 Å². The van der Waals surface area contributed by atoms with E-state index in [2.05, 4.69) is 38.3 Å². The lowest BCUT2D eigenvalue weighted by Crippen LogP contribution is -2.63. The smallest absolute Gasteiger partial charge is 0.315 e. The van der Waals surface area contributed by atoms with Gasteiger partial charge in [-0.1, -0.05) is 51.0 Å². The Morgan fingerprint density at radius 2 is 2.03 bits per heavy atom. The topological polar surface area (TPSA) is 96.3 Å². The first-order valence-corrected chi connectivity index (χ1v) is 14.2. The first kappa shape index (κ1) is 27.0. The molecule has 1 saturated heterocycles. The molecule has 2 N–H and O–H groups in total. The van der Waals surface area contributed by atoms with Gasteiger partial charge in [0.05, 0.1) is 24.2 Å². The summed E-state index contributed by atoms with van der Waals surface area (Å²) in [5.74, 6) is 0.0462. The number of hydrogen-bond acceptors (Lipinski definition) is 6. The number of aliphatic hydroxyl groups excluding tert-OH is 1. The Balaban J connectivity index is 1.53. The van der Waals surface area contributed by atoms with Crippen LogP contribution < -0.4 is 0 Å². The van der Waals surface area contributed by atoms with Crippen LogP contribution in [0, 0.1) is 45.8 Å². The SMILES string of the molecule is C=C(C)CN1C[C@H](OCC23C[C@@H]4[C@H](C)CC[C@H]4C4(C=O)CC2C=C(C(C)C)C34C(=O)O)O[C@H](C)[C@@H](O)C1. The zero-order valence-corrected chi connectivity index (χ0v) is 23.1. The predicted octanol–water partition coefficient (Wildman–Crippen LogP) is 3.91. The molecular formula is C30H45NO6. The van der Waals surface area contributed by atoms with Gasteiger partial charge in [0, 0.05) is 25.0 Å². The van der Waals surface area contributed by atoms with Crippen LogP contribution in [-0.4, -0.2) is 72.1 Å². The van der Waals surface area contributed by atoms with E-state index >= 15 is 0 Å². The molecule has 7 heteroatoms. The number of nitrogens with zero attached hydrogens (tertiary/aromatic N) is 1. The number of carboxylic acid groups (broad SMARTS) is 1. The van der Waals surface area contributed by atoms with Gasteiger partial charge in [0.15, 0.2) is 6.29 Å². The van der Waals surface area contributed by atoms with Crippen LogP contribution in [0.25, 0.3) is 0 Å². The van der Waals surface area contributed by atoms with Crippen LogP contribution in [0.3, 0.4) is 0 Å². The zero-order chi connectivity index (χ0) is 26.9. The number of rotatable bonds is 8. The molecule has 4 aliphatic carbocycles. The van der Waals surface area contributed by atoms with E-state index < -0.39 is 40.7 Å².